The van der Waals surface area contributed by atoms with Crippen molar-refractivity contribution in [3.63, 3.8) is 0 Å². The monoisotopic (exact) mass is 574 g/mol. The molecule has 0 fully saturated rings. The summed E-state index contributed by atoms with van der Waals surface area (Å²) < 4.78 is 11.6. The lowest BCUT2D eigenvalue weighted by Gasteiger charge is -2.11. The first-order valence-electron chi connectivity index (χ1n) is 14.9. The van der Waals surface area contributed by atoms with Gasteiger partial charge in [0.1, 0.15) is 0 Å². The molecule has 0 amide bonds. The highest BCUT2D eigenvalue weighted by molar-refractivity contribution is 7.59. The third-order valence-electron chi connectivity index (χ3n) is 8.66. The summed E-state index contributed by atoms with van der Waals surface area (Å²) in [7, 11) is 0. The highest BCUT2D eigenvalue weighted by Crippen LogP contribution is 2.42. The third kappa shape index (κ3) is 3.69. The fourth-order valence-corrected chi connectivity index (χ4v) is 7.77. The Labute approximate surface area is 257 Å². The summed E-state index contributed by atoms with van der Waals surface area (Å²) in [6, 6.07) is 53.7. The molecule has 0 bridgehead atoms. The van der Waals surface area contributed by atoms with Crippen LogP contribution in [-0.2, 0) is 0 Å². The number of hydrogen-bond acceptors (Lipinski definition) is 1. The largest absolute Gasteiger partial charge is 0.197 e. The Morgan fingerprint density at radius 2 is 0.595 bits per heavy atom. The maximum atomic E-state index is 5.79. The first-order chi connectivity index (χ1) is 21.7. The molecule has 9 rings (SSSR count). The minimum atomic E-state index is 0.250. The smallest absolute Gasteiger partial charge is 0.0985 e. The van der Waals surface area contributed by atoms with Gasteiger partial charge in [-0.3, -0.25) is 0 Å². The Hall–Kier alpha value is -4.63. The fraction of sp³-hybridized carbons (Fsp3) is 0. The van der Waals surface area contributed by atoms with E-state index in [1.165, 1.54) is 85.5 Å². The van der Waals surface area contributed by atoms with Crippen LogP contribution in [0.15, 0.2) is 146 Å². The van der Waals surface area contributed by atoms with Gasteiger partial charge in [0.2, 0.25) is 0 Å². The molecule has 8 aromatic carbocycles. The first kappa shape index (κ1) is 23.0. The molecule has 0 saturated carbocycles. The van der Waals surface area contributed by atoms with Gasteiger partial charge >= 0.3 is 0 Å². The standard InChI is InChI=1S/C40H24S.H2S/c1-3-13-31-27(9-1)29-11-5-7-15-33(29)37-23-25(17-19-35(31)37)39-21-22-40(41-39)26-18-20-36-32-14-4-2-10-28(32)30-12-6-8-16-34(30)38(36)24-26;/h1-24H;1H2/i/hT2. The van der Waals surface area contributed by atoms with Gasteiger partial charge < -0.3 is 0 Å². The molecule has 0 spiro atoms. The molecule has 0 nitrogen and oxygen atoms in total. The van der Waals surface area contributed by atoms with Gasteiger partial charge in [-0.15, -0.1) is 11.3 Å². The minimum Gasteiger partial charge on any atom is -0.197 e. The van der Waals surface area contributed by atoms with E-state index in [1.807, 2.05) is 11.3 Å². The van der Waals surface area contributed by atoms with Crippen molar-refractivity contribution in [2.45, 2.75) is 0 Å². The molecule has 42 heavy (non-hydrogen) atoms. The first-order valence-corrected chi connectivity index (χ1v) is 14.9. The van der Waals surface area contributed by atoms with Gasteiger partial charge in [0.15, 0.2) is 0 Å². The van der Waals surface area contributed by atoms with Crippen molar-refractivity contribution in [1.82, 2.24) is 0 Å². The summed E-state index contributed by atoms with van der Waals surface area (Å²) in [5.41, 5.74) is 2.54. The van der Waals surface area contributed by atoms with Crippen molar-refractivity contribution in [3.8, 4) is 20.9 Å². The van der Waals surface area contributed by atoms with Crippen LogP contribution in [0.5, 0.6) is 0 Å². The van der Waals surface area contributed by atoms with E-state index in [4.69, 9.17) is 2.25 Å². The predicted octanol–water partition coefficient (Wildman–Crippen LogP) is 12.1. The van der Waals surface area contributed by atoms with E-state index in [2.05, 4.69) is 146 Å². The van der Waals surface area contributed by atoms with Crippen LogP contribution in [-0.4, -0.2) is 2.25 Å². The normalized spacial score (nSPS) is 12.1. The Morgan fingerprint density at radius 1 is 0.333 bits per heavy atom. The quantitative estimate of drug-likeness (QED) is 0.180. The van der Waals surface area contributed by atoms with E-state index in [0.29, 0.717) is 0 Å². The maximum Gasteiger partial charge on any atom is 0.0985 e. The molecule has 1 heterocycles. The lowest BCUT2D eigenvalue weighted by molar-refractivity contribution is 1.75. The predicted molar refractivity (Wildman–Crippen MR) is 191 cm³/mol. The number of thiophene rings is 1. The summed E-state index contributed by atoms with van der Waals surface area (Å²) in [4.78, 5) is 2.59. The van der Waals surface area contributed by atoms with Crippen LogP contribution in [0, 0.1) is 0 Å². The van der Waals surface area contributed by atoms with Crippen LogP contribution < -0.4 is 0 Å². The van der Waals surface area contributed by atoms with Crippen LogP contribution >= 0.6 is 24.6 Å². The second-order valence-electron chi connectivity index (χ2n) is 10.9. The van der Waals surface area contributed by atoms with Crippen molar-refractivity contribution in [1.29, 1.82) is 2.25 Å². The van der Waals surface area contributed by atoms with Gasteiger partial charge in [0.05, 0.1) is 2.25 Å². The average molecular weight is 575 g/mol. The molecule has 0 saturated heterocycles. The van der Waals surface area contributed by atoms with E-state index in [-0.39, 0.29) is 13.3 Å². The van der Waals surface area contributed by atoms with Gasteiger partial charge in [-0.05, 0) is 100 Å². The van der Waals surface area contributed by atoms with Crippen LogP contribution in [0.4, 0.5) is 0 Å². The molecule has 0 N–H and O–H groups in total. The highest BCUT2D eigenvalue weighted by atomic mass is 32.1. The van der Waals surface area contributed by atoms with Crippen LogP contribution in [0.2, 0.25) is 0 Å². The van der Waals surface area contributed by atoms with Crippen molar-refractivity contribution in [3.05, 3.63) is 146 Å². The second-order valence-corrected chi connectivity index (χ2v) is 12.0. The minimum absolute atomic E-state index is 0.250. The van der Waals surface area contributed by atoms with Gasteiger partial charge in [-0.2, -0.15) is 13.3 Å². The molecule has 0 atom stereocenters. The fourth-order valence-electron chi connectivity index (χ4n) is 6.77. The summed E-state index contributed by atoms with van der Waals surface area (Å²) in [5, 5.41) is 15.8. The van der Waals surface area contributed by atoms with E-state index >= 15 is 0 Å². The Kier molecular flexibility index (Phi) is 5.33. The van der Waals surface area contributed by atoms with Crippen molar-refractivity contribution < 1.29 is 0 Å². The molecule has 0 radical (unpaired) electrons. The van der Waals surface area contributed by atoms with E-state index < -0.39 is 0 Å². The van der Waals surface area contributed by atoms with E-state index in [0.717, 1.165) is 0 Å². The van der Waals surface area contributed by atoms with Crippen molar-refractivity contribution in [2.24, 2.45) is 0 Å². The molecule has 2 heteroatoms. The molecule has 1 aromatic heterocycles. The topological polar surface area (TPSA) is 0 Å². The van der Waals surface area contributed by atoms with Gasteiger partial charge in [-0.25, -0.2) is 0 Å². The number of benzene rings is 8. The average Bonchev–Trinajstić information content (AvgIpc) is 3.59. The van der Waals surface area contributed by atoms with Crippen LogP contribution in [0.1, 0.15) is 0 Å². The molecule has 198 valence electrons. The summed E-state index contributed by atoms with van der Waals surface area (Å²) in [6.07, 6.45) is 0. The molecule has 0 aliphatic rings. The lowest BCUT2D eigenvalue weighted by Crippen LogP contribution is -1.84. The van der Waals surface area contributed by atoms with Gasteiger partial charge in [-0.1, -0.05) is 121 Å². The number of hydrogen-bond donors (Lipinski definition) is 0. The van der Waals surface area contributed by atoms with Gasteiger partial charge in [0.25, 0.3) is 0 Å². The van der Waals surface area contributed by atoms with E-state index in [1.54, 1.807) is 0 Å². The Balaban J connectivity index is 0.000000928. The van der Waals surface area contributed by atoms with Crippen molar-refractivity contribution in [2.75, 3.05) is 0 Å². The molecular formula is C40H26S2. The summed E-state index contributed by atoms with van der Waals surface area (Å²) in [5.74, 6) is 0. The van der Waals surface area contributed by atoms with Gasteiger partial charge in [0, 0.05) is 9.75 Å². The summed E-state index contributed by atoms with van der Waals surface area (Å²) in [6.45, 7) is 0. The molecular weight excluding hydrogens is 545 g/mol. The third-order valence-corrected chi connectivity index (χ3v) is 9.85. The molecule has 9 aromatic rings. The Morgan fingerprint density at radius 3 is 0.905 bits per heavy atom. The maximum absolute atomic E-state index is 5.79. The second kappa shape index (κ2) is 9.73. The van der Waals surface area contributed by atoms with Crippen LogP contribution in [0.3, 0.4) is 0 Å². The molecule has 0 unspecified atom stereocenters. The molecule has 0 aliphatic heterocycles. The highest BCUT2D eigenvalue weighted by Gasteiger charge is 2.13. The SMILES string of the molecule is [3H]S[3H].c1ccc2c(c1)c1ccccc1c1cc(-c3ccc(-c4ccc5c6ccccc6c6ccccc6c5c4)s3)ccc21. The van der Waals surface area contributed by atoms with E-state index in [9.17, 15) is 0 Å². The number of fused-ring (bicyclic) bond motifs is 12. The zero-order valence-corrected chi connectivity index (χ0v) is 24.3. The summed E-state index contributed by atoms with van der Waals surface area (Å²) >= 11 is 2.12. The van der Waals surface area contributed by atoms with Crippen LogP contribution in [0.25, 0.3) is 85.5 Å². The zero-order chi connectivity index (χ0) is 29.6. The number of rotatable bonds is 2. The van der Waals surface area contributed by atoms with Crippen molar-refractivity contribution >= 4 is 89.3 Å². The molecule has 0 aliphatic carbocycles. The Bertz CT molecular complexity index is 2270. The lowest BCUT2D eigenvalue weighted by atomic mass is 9.93. The zero-order valence-electron chi connectivity index (χ0n) is 24.7.